The summed E-state index contributed by atoms with van der Waals surface area (Å²) >= 11 is 0. The minimum atomic E-state index is -0.281. The number of phenols is 1. The van der Waals surface area contributed by atoms with Crippen molar-refractivity contribution in [3.05, 3.63) is 90.4 Å². The molecule has 0 aliphatic carbocycles. The van der Waals surface area contributed by atoms with Crippen molar-refractivity contribution in [2.45, 2.75) is 25.8 Å². The summed E-state index contributed by atoms with van der Waals surface area (Å²) in [5.41, 5.74) is 3.21. The number of nitrogens with one attached hydrogen (secondary N) is 1. The summed E-state index contributed by atoms with van der Waals surface area (Å²) in [5, 5.41) is 15.4. The van der Waals surface area contributed by atoms with Gasteiger partial charge in [0.05, 0.1) is 12.6 Å². The zero-order valence-corrected chi connectivity index (χ0v) is 17.0. The first kappa shape index (κ1) is 19.7. The van der Waals surface area contributed by atoms with Crippen LogP contribution in [0.4, 0.5) is 5.69 Å². The van der Waals surface area contributed by atoms with Gasteiger partial charge in [-0.25, -0.2) is 0 Å². The molecule has 2 aromatic carbocycles. The van der Waals surface area contributed by atoms with E-state index in [0.29, 0.717) is 5.52 Å². The maximum atomic E-state index is 11.0. The zero-order chi connectivity index (χ0) is 20.8. The predicted octanol–water partition coefficient (Wildman–Crippen LogP) is 5.72. The third-order valence-electron chi connectivity index (χ3n) is 5.04. The Morgan fingerprint density at radius 3 is 2.60 bits per heavy atom. The van der Waals surface area contributed by atoms with E-state index >= 15 is 0 Å². The second-order valence-electron chi connectivity index (χ2n) is 7.17. The lowest BCUT2D eigenvalue weighted by Crippen LogP contribution is -2.13. The number of aromatic hydroxyl groups is 1. The van der Waals surface area contributed by atoms with Crippen molar-refractivity contribution in [1.82, 2.24) is 9.97 Å². The van der Waals surface area contributed by atoms with Gasteiger partial charge >= 0.3 is 0 Å². The molecule has 4 rings (SSSR count). The van der Waals surface area contributed by atoms with Crippen LogP contribution in [0.5, 0.6) is 11.5 Å². The molecule has 30 heavy (non-hydrogen) atoms. The van der Waals surface area contributed by atoms with Crippen LogP contribution in [0.1, 0.15) is 36.9 Å². The van der Waals surface area contributed by atoms with Crippen molar-refractivity contribution >= 4 is 16.6 Å². The Kier molecular flexibility index (Phi) is 6.09. The first-order chi connectivity index (χ1) is 14.8. The molecule has 1 atom stereocenters. The number of nitrogens with zero attached hydrogens (tertiary/aromatic N) is 2. The third kappa shape index (κ3) is 4.35. The summed E-state index contributed by atoms with van der Waals surface area (Å²) in [6.07, 6.45) is 7.39. The fourth-order valence-electron chi connectivity index (χ4n) is 3.41. The SMILES string of the molecule is CCCCOc1ccc(NC(c2cccnc2)c2ccc3cccnc3c2O)cc1. The number of phenolic OH excluding ortho intramolecular Hbond substituents is 1. The second-order valence-corrected chi connectivity index (χ2v) is 7.17. The molecule has 0 aliphatic heterocycles. The quantitative estimate of drug-likeness (QED) is 0.371. The van der Waals surface area contributed by atoms with Gasteiger partial charge in [0.2, 0.25) is 0 Å². The van der Waals surface area contributed by atoms with E-state index in [-0.39, 0.29) is 11.8 Å². The van der Waals surface area contributed by atoms with Gasteiger partial charge < -0.3 is 15.2 Å². The Morgan fingerprint density at radius 1 is 1.00 bits per heavy atom. The fourth-order valence-corrected chi connectivity index (χ4v) is 3.41. The van der Waals surface area contributed by atoms with E-state index < -0.39 is 0 Å². The molecule has 1 unspecified atom stereocenters. The number of unbranched alkanes of at least 4 members (excludes halogenated alkanes) is 1. The van der Waals surface area contributed by atoms with Crippen molar-refractivity contribution in [1.29, 1.82) is 0 Å². The highest BCUT2D eigenvalue weighted by Gasteiger charge is 2.20. The Morgan fingerprint density at radius 2 is 1.83 bits per heavy atom. The predicted molar refractivity (Wildman–Crippen MR) is 120 cm³/mol. The van der Waals surface area contributed by atoms with Gasteiger partial charge in [0, 0.05) is 35.2 Å². The maximum absolute atomic E-state index is 11.0. The molecule has 0 bridgehead atoms. The van der Waals surface area contributed by atoms with Gasteiger partial charge in [-0.05, 0) is 48.4 Å². The van der Waals surface area contributed by atoms with E-state index in [1.54, 1.807) is 12.4 Å². The van der Waals surface area contributed by atoms with Crippen LogP contribution in [0.2, 0.25) is 0 Å². The highest BCUT2D eigenvalue weighted by Crippen LogP contribution is 2.36. The lowest BCUT2D eigenvalue weighted by atomic mass is 9.97. The van der Waals surface area contributed by atoms with Crippen molar-refractivity contribution in [3.8, 4) is 11.5 Å². The summed E-state index contributed by atoms with van der Waals surface area (Å²) in [7, 11) is 0. The van der Waals surface area contributed by atoms with E-state index in [1.165, 1.54) is 0 Å². The summed E-state index contributed by atoms with van der Waals surface area (Å²) < 4.78 is 5.76. The first-order valence-corrected chi connectivity index (χ1v) is 10.2. The lowest BCUT2D eigenvalue weighted by molar-refractivity contribution is 0.309. The van der Waals surface area contributed by atoms with Gasteiger partial charge in [-0.15, -0.1) is 0 Å². The minimum absolute atomic E-state index is 0.175. The Labute approximate surface area is 176 Å². The van der Waals surface area contributed by atoms with Gasteiger partial charge in [0.15, 0.2) is 0 Å². The molecule has 0 aliphatic rings. The molecular weight excluding hydrogens is 374 g/mol. The maximum Gasteiger partial charge on any atom is 0.147 e. The van der Waals surface area contributed by atoms with Crippen LogP contribution in [-0.2, 0) is 0 Å². The van der Waals surface area contributed by atoms with E-state index in [1.807, 2.05) is 66.9 Å². The average molecular weight is 399 g/mol. The Balaban J connectivity index is 1.66. The number of hydrogen-bond donors (Lipinski definition) is 2. The van der Waals surface area contributed by atoms with Crippen molar-refractivity contribution in [3.63, 3.8) is 0 Å². The molecule has 0 amide bonds. The summed E-state index contributed by atoms with van der Waals surface area (Å²) in [5.74, 6) is 1.03. The summed E-state index contributed by atoms with van der Waals surface area (Å²) in [6.45, 7) is 2.87. The van der Waals surface area contributed by atoms with Crippen molar-refractivity contribution in [2.24, 2.45) is 0 Å². The van der Waals surface area contributed by atoms with Crippen LogP contribution in [0.15, 0.2) is 79.3 Å². The molecule has 0 saturated heterocycles. The van der Waals surface area contributed by atoms with Crippen LogP contribution in [-0.4, -0.2) is 21.7 Å². The molecule has 0 fully saturated rings. The molecule has 2 N–H and O–H groups in total. The van der Waals surface area contributed by atoms with Gasteiger partial charge in [0.1, 0.15) is 17.0 Å². The monoisotopic (exact) mass is 399 g/mol. The van der Waals surface area contributed by atoms with E-state index in [2.05, 4.69) is 22.2 Å². The van der Waals surface area contributed by atoms with Crippen LogP contribution in [0, 0.1) is 0 Å². The normalized spacial score (nSPS) is 11.9. The number of pyridine rings is 2. The molecule has 5 heteroatoms. The van der Waals surface area contributed by atoms with Gasteiger partial charge in [-0.1, -0.05) is 37.6 Å². The van der Waals surface area contributed by atoms with E-state index in [4.69, 9.17) is 4.74 Å². The lowest BCUT2D eigenvalue weighted by Gasteiger charge is -2.22. The largest absolute Gasteiger partial charge is 0.505 e. The molecule has 0 spiro atoms. The fraction of sp³-hybridized carbons (Fsp3) is 0.200. The number of hydrogen-bond acceptors (Lipinski definition) is 5. The number of benzene rings is 2. The molecule has 2 heterocycles. The van der Waals surface area contributed by atoms with Crippen LogP contribution < -0.4 is 10.1 Å². The highest BCUT2D eigenvalue weighted by molar-refractivity contribution is 5.86. The zero-order valence-electron chi connectivity index (χ0n) is 17.0. The molecule has 2 aromatic heterocycles. The number of fused-ring (bicyclic) bond motifs is 1. The van der Waals surface area contributed by atoms with Crippen LogP contribution in [0.3, 0.4) is 0 Å². The topological polar surface area (TPSA) is 67.3 Å². The van der Waals surface area contributed by atoms with Crippen molar-refractivity contribution < 1.29 is 9.84 Å². The van der Waals surface area contributed by atoms with Gasteiger partial charge in [-0.2, -0.15) is 0 Å². The number of rotatable bonds is 8. The Hall–Kier alpha value is -3.60. The summed E-state index contributed by atoms with van der Waals surface area (Å²) in [4.78, 5) is 8.63. The number of ether oxygens (including phenoxy) is 1. The average Bonchev–Trinajstić information content (AvgIpc) is 2.80. The second kappa shape index (κ2) is 9.27. The van der Waals surface area contributed by atoms with Crippen LogP contribution >= 0.6 is 0 Å². The van der Waals surface area contributed by atoms with E-state index in [0.717, 1.165) is 47.4 Å². The summed E-state index contributed by atoms with van der Waals surface area (Å²) in [6, 6.07) is 19.2. The molecule has 0 radical (unpaired) electrons. The number of aromatic nitrogens is 2. The van der Waals surface area contributed by atoms with Crippen LogP contribution in [0.25, 0.3) is 10.9 Å². The highest BCUT2D eigenvalue weighted by atomic mass is 16.5. The number of anilines is 1. The Bertz CT molecular complexity index is 1100. The molecule has 152 valence electrons. The van der Waals surface area contributed by atoms with Gasteiger partial charge in [-0.3, -0.25) is 9.97 Å². The van der Waals surface area contributed by atoms with E-state index in [9.17, 15) is 5.11 Å². The molecule has 5 nitrogen and oxygen atoms in total. The molecule has 0 saturated carbocycles. The third-order valence-corrected chi connectivity index (χ3v) is 5.04. The minimum Gasteiger partial charge on any atom is -0.505 e. The van der Waals surface area contributed by atoms with Gasteiger partial charge in [0.25, 0.3) is 0 Å². The molecular formula is C25H25N3O2. The smallest absolute Gasteiger partial charge is 0.147 e. The van der Waals surface area contributed by atoms with Crippen molar-refractivity contribution in [2.75, 3.05) is 11.9 Å². The standard InChI is InChI=1S/C25H25N3O2/c1-2-3-16-30-21-11-9-20(10-12-21)28-23(19-7-4-14-26-17-19)22-13-8-18-6-5-15-27-24(18)25(22)29/h4-15,17,23,28-29H,2-3,16H2,1H3. The first-order valence-electron chi connectivity index (χ1n) is 10.2. The molecule has 4 aromatic rings.